The summed E-state index contributed by atoms with van der Waals surface area (Å²) in [6.45, 7) is 8.28. The van der Waals surface area contributed by atoms with Crippen LogP contribution in [0, 0.1) is 0 Å². The number of nitrogens with zero attached hydrogens (tertiary/aromatic N) is 2. The van der Waals surface area contributed by atoms with E-state index in [4.69, 9.17) is 9.47 Å². The smallest absolute Gasteiger partial charge is 0.191 e. The van der Waals surface area contributed by atoms with E-state index in [9.17, 15) is 0 Å². The van der Waals surface area contributed by atoms with Crippen molar-refractivity contribution in [1.82, 2.24) is 15.6 Å². The fourth-order valence-electron chi connectivity index (χ4n) is 3.24. The van der Waals surface area contributed by atoms with Crippen molar-refractivity contribution in [2.45, 2.75) is 52.7 Å². The predicted octanol–water partition coefficient (Wildman–Crippen LogP) is 3.95. The lowest BCUT2D eigenvalue weighted by Gasteiger charge is -2.15. The molecule has 1 atom stereocenters. The topological polar surface area (TPSA) is 67.8 Å². The van der Waals surface area contributed by atoms with Gasteiger partial charge >= 0.3 is 0 Å². The Kier molecular flexibility index (Phi) is 9.48. The number of nitrogens with one attached hydrogen (secondary N) is 2. The van der Waals surface area contributed by atoms with E-state index >= 15 is 0 Å². The van der Waals surface area contributed by atoms with Gasteiger partial charge in [0.15, 0.2) is 5.96 Å². The number of ether oxygens (including phenoxy) is 2. The first-order valence-corrected chi connectivity index (χ1v) is 10.8. The van der Waals surface area contributed by atoms with Crippen molar-refractivity contribution in [2.24, 2.45) is 4.99 Å². The number of guanidine groups is 1. The predicted molar refractivity (Wildman–Crippen MR) is 130 cm³/mol. The normalized spacial score (nSPS) is 15.3. The molecule has 2 aromatic rings. The molecule has 1 aliphatic rings. The van der Waals surface area contributed by atoms with Crippen molar-refractivity contribution in [3.05, 3.63) is 39.3 Å². The summed E-state index contributed by atoms with van der Waals surface area (Å²) in [6.07, 6.45) is 3.03. The summed E-state index contributed by atoms with van der Waals surface area (Å²) in [5.74, 6) is 2.64. The fourth-order valence-corrected chi connectivity index (χ4v) is 4.02. The van der Waals surface area contributed by atoms with E-state index in [1.165, 1.54) is 10.6 Å². The van der Waals surface area contributed by atoms with Crippen LogP contribution in [0.5, 0.6) is 11.5 Å². The van der Waals surface area contributed by atoms with E-state index in [-0.39, 0.29) is 30.1 Å². The van der Waals surface area contributed by atoms with E-state index in [1.807, 2.05) is 6.92 Å². The summed E-state index contributed by atoms with van der Waals surface area (Å²) in [7, 11) is 1.78. The number of aromatic nitrogens is 1. The number of rotatable bonds is 8. The van der Waals surface area contributed by atoms with E-state index in [2.05, 4.69) is 52.0 Å². The van der Waals surface area contributed by atoms with Crippen molar-refractivity contribution in [2.75, 3.05) is 20.2 Å². The number of hydrogen-bond donors (Lipinski definition) is 2. The Morgan fingerprint density at radius 2 is 2.17 bits per heavy atom. The monoisotopic (exact) mass is 530 g/mol. The van der Waals surface area contributed by atoms with E-state index in [0.29, 0.717) is 13.2 Å². The minimum Gasteiger partial charge on any atom is -0.494 e. The zero-order chi connectivity index (χ0) is 19.9. The van der Waals surface area contributed by atoms with Gasteiger partial charge in [-0.1, -0.05) is 6.92 Å². The van der Waals surface area contributed by atoms with Crippen molar-refractivity contribution < 1.29 is 9.47 Å². The molecule has 1 aromatic carbocycles. The third-order valence-electron chi connectivity index (χ3n) is 4.62. The molecular formula is C21H31IN4O2S. The Balaban J connectivity index is 0.00000300. The molecule has 0 saturated heterocycles. The van der Waals surface area contributed by atoms with Crippen LogP contribution in [0.25, 0.3) is 0 Å². The quantitative estimate of drug-likeness (QED) is 0.308. The van der Waals surface area contributed by atoms with Gasteiger partial charge in [0.05, 0.1) is 17.3 Å². The van der Waals surface area contributed by atoms with Crippen LogP contribution in [0.1, 0.15) is 42.6 Å². The number of aliphatic imine (C=N–C) groups is 1. The third kappa shape index (κ3) is 6.47. The maximum absolute atomic E-state index is 5.90. The number of fused-ring (bicyclic) bond motifs is 1. The molecule has 1 aliphatic heterocycles. The summed E-state index contributed by atoms with van der Waals surface area (Å²) >= 11 is 1.73. The minimum atomic E-state index is 0. The van der Waals surface area contributed by atoms with Gasteiger partial charge < -0.3 is 20.1 Å². The Hall–Kier alpha value is -1.55. The molecule has 2 heterocycles. The second-order valence-electron chi connectivity index (χ2n) is 6.82. The van der Waals surface area contributed by atoms with Gasteiger partial charge in [-0.15, -0.1) is 35.3 Å². The van der Waals surface area contributed by atoms with Crippen LogP contribution in [0.15, 0.2) is 22.5 Å². The van der Waals surface area contributed by atoms with Crippen LogP contribution in [-0.4, -0.2) is 37.2 Å². The SMILES string of the molecule is CCOc1cc2c(cc1CNC(=NC)NCCc1csc(CC)n1)OC(C)C2.I. The van der Waals surface area contributed by atoms with Crippen molar-refractivity contribution in [1.29, 1.82) is 0 Å². The van der Waals surface area contributed by atoms with Gasteiger partial charge in [0.2, 0.25) is 0 Å². The Morgan fingerprint density at radius 1 is 1.34 bits per heavy atom. The molecule has 29 heavy (non-hydrogen) atoms. The number of thiazole rings is 1. The van der Waals surface area contributed by atoms with Crippen molar-refractivity contribution >= 4 is 41.3 Å². The van der Waals surface area contributed by atoms with Crippen LogP contribution in [-0.2, 0) is 25.8 Å². The van der Waals surface area contributed by atoms with Crippen molar-refractivity contribution in [3.8, 4) is 11.5 Å². The van der Waals surface area contributed by atoms with Gasteiger partial charge in [-0.3, -0.25) is 4.99 Å². The summed E-state index contributed by atoms with van der Waals surface area (Å²) in [6, 6.07) is 4.20. The van der Waals surface area contributed by atoms with Crippen LogP contribution >= 0.6 is 35.3 Å². The second-order valence-corrected chi connectivity index (χ2v) is 7.76. The van der Waals surface area contributed by atoms with Crippen LogP contribution < -0.4 is 20.1 Å². The number of aryl methyl sites for hydroxylation is 1. The molecule has 0 amide bonds. The summed E-state index contributed by atoms with van der Waals surface area (Å²) < 4.78 is 11.8. The fraction of sp³-hybridized carbons (Fsp3) is 0.524. The Bertz CT molecular complexity index is 825. The van der Waals surface area contributed by atoms with Gasteiger partial charge in [-0.05, 0) is 32.4 Å². The maximum Gasteiger partial charge on any atom is 0.191 e. The summed E-state index contributed by atoms with van der Waals surface area (Å²) in [5.41, 5.74) is 3.43. The van der Waals surface area contributed by atoms with Crippen LogP contribution in [0.4, 0.5) is 0 Å². The molecule has 1 unspecified atom stereocenters. The molecule has 6 nitrogen and oxygen atoms in total. The molecule has 8 heteroatoms. The molecule has 0 bridgehead atoms. The molecule has 0 aliphatic carbocycles. The Morgan fingerprint density at radius 3 is 2.86 bits per heavy atom. The molecular weight excluding hydrogens is 499 g/mol. The first-order chi connectivity index (χ1) is 13.6. The van der Waals surface area contributed by atoms with E-state index < -0.39 is 0 Å². The lowest BCUT2D eigenvalue weighted by atomic mass is 10.1. The first-order valence-electron chi connectivity index (χ1n) is 9.95. The number of halogens is 1. The lowest BCUT2D eigenvalue weighted by Crippen LogP contribution is -2.38. The molecule has 0 fully saturated rings. The molecule has 0 spiro atoms. The molecule has 1 aromatic heterocycles. The second kappa shape index (κ2) is 11.6. The summed E-state index contributed by atoms with van der Waals surface area (Å²) in [4.78, 5) is 8.92. The summed E-state index contributed by atoms with van der Waals surface area (Å²) in [5, 5.41) is 10.1. The van der Waals surface area contributed by atoms with E-state index in [1.54, 1.807) is 18.4 Å². The van der Waals surface area contributed by atoms with Gasteiger partial charge in [0.25, 0.3) is 0 Å². The van der Waals surface area contributed by atoms with Gasteiger partial charge in [-0.2, -0.15) is 0 Å². The average molecular weight is 530 g/mol. The molecule has 2 N–H and O–H groups in total. The molecule has 3 rings (SSSR count). The maximum atomic E-state index is 5.90. The van der Waals surface area contributed by atoms with Crippen LogP contribution in [0.3, 0.4) is 0 Å². The van der Waals surface area contributed by atoms with Gasteiger partial charge in [-0.25, -0.2) is 4.98 Å². The highest BCUT2D eigenvalue weighted by molar-refractivity contribution is 14.0. The van der Waals surface area contributed by atoms with Gasteiger partial charge in [0.1, 0.15) is 17.6 Å². The highest BCUT2D eigenvalue weighted by atomic mass is 127. The van der Waals surface area contributed by atoms with E-state index in [0.717, 1.165) is 54.5 Å². The third-order valence-corrected chi connectivity index (χ3v) is 5.67. The molecule has 160 valence electrons. The largest absolute Gasteiger partial charge is 0.494 e. The van der Waals surface area contributed by atoms with Crippen LogP contribution in [0.2, 0.25) is 0 Å². The number of hydrogen-bond acceptors (Lipinski definition) is 5. The standard InChI is InChI=1S/C21H30N4O2S.HI/c1-5-20-25-17(13-28-20)7-8-23-21(22-4)24-12-16-11-19-15(9-14(3)27-19)10-18(16)26-6-2;/h10-11,13-14H,5-9,12H2,1-4H3,(H2,22,23,24);1H. The number of benzene rings is 1. The first kappa shape index (κ1) is 23.7. The Labute approximate surface area is 194 Å². The zero-order valence-corrected chi connectivity index (χ0v) is 20.7. The minimum absolute atomic E-state index is 0. The highest BCUT2D eigenvalue weighted by Gasteiger charge is 2.21. The highest BCUT2D eigenvalue weighted by Crippen LogP contribution is 2.35. The zero-order valence-electron chi connectivity index (χ0n) is 17.6. The van der Waals surface area contributed by atoms with Crippen molar-refractivity contribution in [3.63, 3.8) is 0 Å². The lowest BCUT2D eigenvalue weighted by molar-refractivity contribution is 0.254. The van der Waals surface area contributed by atoms with Gasteiger partial charge in [0, 0.05) is 49.5 Å². The molecule has 0 radical (unpaired) electrons. The molecule has 0 saturated carbocycles. The average Bonchev–Trinajstić information content (AvgIpc) is 3.29.